The molecule has 1 heteroatoms. The Kier molecular flexibility index (Phi) is 8.40. The van der Waals surface area contributed by atoms with Gasteiger partial charge in [-0.2, -0.15) is 0 Å². The van der Waals surface area contributed by atoms with Gasteiger partial charge in [-0.3, -0.25) is 0 Å². The lowest BCUT2D eigenvalue weighted by Gasteiger charge is -1.90. The predicted octanol–water partition coefficient (Wildman–Crippen LogP) is 3.25. The standard InChI is InChI=1S/C8H10.C6H11N/c1-7-3-5-8(2)6-4-7;1-3-5-7-6-4-2/h3-6H,1-2H3;3-4,7H,1-2,5-6H2. The van der Waals surface area contributed by atoms with E-state index >= 15 is 0 Å². The number of benzene rings is 1. The zero-order valence-electron chi connectivity index (χ0n) is 9.79. The molecular weight excluding hydrogens is 182 g/mol. The van der Waals surface area contributed by atoms with E-state index in [1.807, 2.05) is 12.2 Å². The van der Waals surface area contributed by atoms with Crippen molar-refractivity contribution in [1.29, 1.82) is 0 Å². The van der Waals surface area contributed by atoms with Crippen LogP contribution in [0.2, 0.25) is 0 Å². The van der Waals surface area contributed by atoms with Gasteiger partial charge in [0.2, 0.25) is 0 Å². The van der Waals surface area contributed by atoms with Crippen molar-refractivity contribution in [2.24, 2.45) is 0 Å². The third-order valence-corrected chi connectivity index (χ3v) is 1.80. The molecule has 0 bridgehead atoms. The Labute approximate surface area is 93.5 Å². The van der Waals surface area contributed by atoms with Gasteiger partial charge in [-0.15, -0.1) is 13.2 Å². The molecule has 1 aromatic rings. The zero-order valence-corrected chi connectivity index (χ0v) is 9.79. The molecule has 0 heterocycles. The number of hydrogen-bond donors (Lipinski definition) is 1. The van der Waals surface area contributed by atoms with E-state index in [1.54, 1.807) is 0 Å². The SMILES string of the molecule is C=CCNCC=C.Cc1ccc(C)cc1. The highest BCUT2D eigenvalue weighted by Crippen LogP contribution is 1.99. The molecule has 0 fully saturated rings. The minimum absolute atomic E-state index is 0.867. The fraction of sp³-hybridized carbons (Fsp3) is 0.286. The first-order valence-electron chi connectivity index (χ1n) is 5.16. The fourth-order valence-corrected chi connectivity index (χ4v) is 0.924. The molecule has 82 valence electrons. The summed E-state index contributed by atoms with van der Waals surface area (Å²) in [5.74, 6) is 0. The van der Waals surface area contributed by atoms with Crippen molar-refractivity contribution in [1.82, 2.24) is 5.32 Å². The van der Waals surface area contributed by atoms with Gasteiger partial charge in [0.1, 0.15) is 0 Å². The van der Waals surface area contributed by atoms with E-state index in [2.05, 4.69) is 56.6 Å². The van der Waals surface area contributed by atoms with E-state index in [9.17, 15) is 0 Å². The highest BCUT2D eigenvalue weighted by atomic mass is 14.8. The van der Waals surface area contributed by atoms with Gasteiger partial charge in [-0.1, -0.05) is 47.5 Å². The average molecular weight is 203 g/mol. The molecule has 1 nitrogen and oxygen atoms in total. The van der Waals surface area contributed by atoms with Gasteiger partial charge in [0.05, 0.1) is 0 Å². The minimum Gasteiger partial charge on any atom is -0.310 e. The average Bonchev–Trinajstić information content (AvgIpc) is 2.24. The Morgan fingerprint density at radius 1 is 0.933 bits per heavy atom. The molecule has 0 amide bonds. The van der Waals surface area contributed by atoms with Gasteiger partial charge in [0.15, 0.2) is 0 Å². The lowest BCUT2D eigenvalue weighted by Crippen LogP contribution is -2.11. The first-order chi connectivity index (χ1) is 7.20. The van der Waals surface area contributed by atoms with Crippen molar-refractivity contribution >= 4 is 0 Å². The van der Waals surface area contributed by atoms with Crippen molar-refractivity contribution in [3.8, 4) is 0 Å². The molecular formula is C14H21N. The summed E-state index contributed by atoms with van der Waals surface area (Å²) in [6.45, 7) is 13.0. The smallest absolute Gasteiger partial charge is 0.0135 e. The fourth-order valence-electron chi connectivity index (χ4n) is 0.924. The van der Waals surface area contributed by atoms with E-state index < -0.39 is 0 Å². The monoisotopic (exact) mass is 203 g/mol. The second-order valence-corrected chi connectivity index (χ2v) is 3.39. The Morgan fingerprint density at radius 3 is 1.53 bits per heavy atom. The summed E-state index contributed by atoms with van der Waals surface area (Å²) in [6.07, 6.45) is 3.65. The molecule has 0 spiro atoms. The van der Waals surface area contributed by atoms with Crippen LogP contribution in [0.25, 0.3) is 0 Å². The molecule has 0 aliphatic rings. The molecule has 0 saturated carbocycles. The van der Waals surface area contributed by atoms with Crippen LogP contribution in [0.3, 0.4) is 0 Å². The summed E-state index contributed by atoms with van der Waals surface area (Å²) in [7, 11) is 0. The maximum absolute atomic E-state index is 3.54. The molecule has 0 radical (unpaired) electrons. The van der Waals surface area contributed by atoms with Gasteiger partial charge in [-0.25, -0.2) is 0 Å². The molecule has 1 rings (SSSR count). The van der Waals surface area contributed by atoms with Crippen LogP contribution < -0.4 is 5.32 Å². The van der Waals surface area contributed by atoms with Gasteiger partial charge in [0.25, 0.3) is 0 Å². The summed E-state index contributed by atoms with van der Waals surface area (Å²) in [6, 6.07) is 8.48. The third kappa shape index (κ3) is 8.98. The molecule has 15 heavy (non-hydrogen) atoms. The van der Waals surface area contributed by atoms with Crippen molar-refractivity contribution in [2.75, 3.05) is 13.1 Å². The summed E-state index contributed by atoms with van der Waals surface area (Å²) in [4.78, 5) is 0. The van der Waals surface area contributed by atoms with E-state index in [0.29, 0.717) is 0 Å². The minimum atomic E-state index is 0.867. The topological polar surface area (TPSA) is 12.0 Å². The lowest BCUT2D eigenvalue weighted by atomic mass is 10.2. The molecule has 1 aromatic carbocycles. The molecule has 1 N–H and O–H groups in total. The molecule has 0 aromatic heterocycles. The van der Waals surface area contributed by atoms with E-state index in [0.717, 1.165) is 13.1 Å². The van der Waals surface area contributed by atoms with Crippen LogP contribution in [-0.4, -0.2) is 13.1 Å². The van der Waals surface area contributed by atoms with Crippen molar-refractivity contribution in [3.05, 3.63) is 60.7 Å². The largest absolute Gasteiger partial charge is 0.310 e. The summed E-state index contributed by atoms with van der Waals surface area (Å²) < 4.78 is 0. The Hall–Kier alpha value is -1.34. The summed E-state index contributed by atoms with van der Waals surface area (Å²) >= 11 is 0. The number of nitrogens with one attached hydrogen (secondary N) is 1. The maximum Gasteiger partial charge on any atom is 0.0135 e. The van der Waals surface area contributed by atoms with Crippen LogP contribution in [0, 0.1) is 13.8 Å². The summed E-state index contributed by atoms with van der Waals surface area (Å²) in [5, 5.41) is 3.05. The predicted molar refractivity (Wildman–Crippen MR) is 69.2 cm³/mol. The van der Waals surface area contributed by atoms with Crippen LogP contribution in [-0.2, 0) is 0 Å². The molecule has 0 aliphatic heterocycles. The lowest BCUT2D eigenvalue weighted by molar-refractivity contribution is 0.845. The molecule has 0 atom stereocenters. The Balaban J connectivity index is 0.000000265. The van der Waals surface area contributed by atoms with Gasteiger partial charge in [0, 0.05) is 13.1 Å². The first-order valence-corrected chi connectivity index (χ1v) is 5.16. The Bertz CT molecular complexity index is 243. The highest BCUT2D eigenvalue weighted by molar-refractivity contribution is 5.19. The summed E-state index contributed by atoms with van der Waals surface area (Å²) in [5.41, 5.74) is 2.66. The Morgan fingerprint density at radius 2 is 1.27 bits per heavy atom. The zero-order chi connectivity index (χ0) is 11.5. The number of hydrogen-bond acceptors (Lipinski definition) is 1. The van der Waals surface area contributed by atoms with Gasteiger partial charge < -0.3 is 5.32 Å². The van der Waals surface area contributed by atoms with Crippen LogP contribution in [0.5, 0.6) is 0 Å². The second kappa shape index (κ2) is 9.22. The quantitative estimate of drug-likeness (QED) is 0.585. The molecule has 0 aliphatic carbocycles. The first kappa shape index (κ1) is 13.7. The van der Waals surface area contributed by atoms with Crippen LogP contribution in [0.1, 0.15) is 11.1 Å². The third-order valence-electron chi connectivity index (χ3n) is 1.80. The van der Waals surface area contributed by atoms with E-state index in [1.165, 1.54) is 11.1 Å². The molecule has 0 unspecified atom stereocenters. The van der Waals surface area contributed by atoms with Gasteiger partial charge >= 0.3 is 0 Å². The number of rotatable bonds is 4. The second-order valence-electron chi connectivity index (χ2n) is 3.39. The molecule has 0 saturated heterocycles. The van der Waals surface area contributed by atoms with Crippen molar-refractivity contribution in [3.63, 3.8) is 0 Å². The van der Waals surface area contributed by atoms with Crippen LogP contribution in [0.15, 0.2) is 49.6 Å². The maximum atomic E-state index is 3.54. The van der Waals surface area contributed by atoms with Gasteiger partial charge in [-0.05, 0) is 13.8 Å². The van der Waals surface area contributed by atoms with E-state index in [-0.39, 0.29) is 0 Å². The van der Waals surface area contributed by atoms with Crippen LogP contribution in [0.4, 0.5) is 0 Å². The normalized spacial score (nSPS) is 8.67. The van der Waals surface area contributed by atoms with Crippen molar-refractivity contribution in [2.45, 2.75) is 13.8 Å². The number of aryl methyl sites for hydroxylation is 2. The van der Waals surface area contributed by atoms with E-state index in [4.69, 9.17) is 0 Å². The van der Waals surface area contributed by atoms with Crippen LogP contribution >= 0.6 is 0 Å². The highest BCUT2D eigenvalue weighted by Gasteiger charge is 1.79. The van der Waals surface area contributed by atoms with Crippen molar-refractivity contribution < 1.29 is 0 Å².